The lowest BCUT2D eigenvalue weighted by molar-refractivity contribution is 0.103. The van der Waals surface area contributed by atoms with Crippen molar-refractivity contribution in [2.75, 3.05) is 36.5 Å². The van der Waals surface area contributed by atoms with Crippen LogP contribution in [0.1, 0.15) is 9.67 Å². The molecule has 110 valence electrons. The van der Waals surface area contributed by atoms with Gasteiger partial charge >= 0.3 is 0 Å². The van der Waals surface area contributed by atoms with Crippen molar-refractivity contribution in [2.45, 2.75) is 0 Å². The molecule has 0 aliphatic carbocycles. The number of carbonyl (C=O) groups excluding carboxylic acids is 1. The Morgan fingerprint density at radius 1 is 1.19 bits per heavy atom. The highest BCUT2D eigenvalue weighted by Gasteiger charge is 2.13. The van der Waals surface area contributed by atoms with Gasteiger partial charge in [-0.05, 0) is 51.6 Å². The summed E-state index contributed by atoms with van der Waals surface area (Å²) in [6, 6.07) is 9.81. The summed E-state index contributed by atoms with van der Waals surface area (Å²) >= 11 is 4.80. The van der Waals surface area contributed by atoms with Crippen molar-refractivity contribution >= 4 is 44.5 Å². The fraction of sp³-hybridized carbons (Fsp3) is 0.267. The van der Waals surface area contributed by atoms with Crippen LogP contribution in [-0.4, -0.2) is 32.2 Å². The molecule has 1 aromatic carbocycles. The SMILES string of the molecule is O=C(Nc1ccc(N2CCOCC2)cc1)c1sccc1Br. The molecule has 1 saturated heterocycles. The molecule has 4 nitrogen and oxygen atoms in total. The van der Waals surface area contributed by atoms with Gasteiger partial charge in [0, 0.05) is 28.9 Å². The maximum atomic E-state index is 12.1. The van der Waals surface area contributed by atoms with Gasteiger partial charge in [-0.1, -0.05) is 0 Å². The summed E-state index contributed by atoms with van der Waals surface area (Å²) in [5.74, 6) is -0.0870. The van der Waals surface area contributed by atoms with Gasteiger partial charge in [-0.25, -0.2) is 0 Å². The topological polar surface area (TPSA) is 41.6 Å². The molecule has 1 fully saturated rings. The Morgan fingerprint density at radius 3 is 2.52 bits per heavy atom. The van der Waals surface area contributed by atoms with E-state index in [1.807, 2.05) is 35.7 Å². The van der Waals surface area contributed by atoms with Crippen molar-refractivity contribution in [1.29, 1.82) is 0 Å². The lowest BCUT2D eigenvalue weighted by Crippen LogP contribution is -2.36. The van der Waals surface area contributed by atoms with E-state index >= 15 is 0 Å². The second-order valence-electron chi connectivity index (χ2n) is 4.70. The number of nitrogens with zero attached hydrogens (tertiary/aromatic N) is 1. The molecule has 6 heteroatoms. The minimum absolute atomic E-state index is 0.0870. The van der Waals surface area contributed by atoms with Gasteiger partial charge in [0.05, 0.1) is 13.2 Å². The third-order valence-corrected chi connectivity index (χ3v) is 5.16. The molecule has 0 atom stereocenters. The summed E-state index contributed by atoms with van der Waals surface area (Å²) in [5.41, 5.74) is 1.96. The molecule has 2 heterocycles. The number of hydrogen-bond acceptors (Lipinski definition) is 4. The number of nitrogens with one attached hydrogen (secondary N) is 1. The van der Waals surface area contributed by atoms with Crippen LogP contribution in [-0.2, 0) is 4.74 Å². The average molecular weight is 367 g/mol. The predicted octanol–water partition coefficient (Wildman–Crippen LogP) is 3.60. The highest BCUT2D eigenvalue weighted by Crippen LogP contribution is 2.24. The van der Waals surface area contributed by atoms with Crippen molar-refractivity contribution < 1.29 is 9.53 Å². The monoisotopic (exact) mass is 366 g/mol. The number of amides is 1. The van der Waals surface area contributed by atoms with E-state index in [1.54, 1.807) is 0 Å². The van der Waals surface area contributed by atoms with Gasteiger partial charge in [0.1, 0.15) is 4.88 Å². The Labute approximate surface area is 135 Å². The van der Waals surface area contributed by atoms with E-state index in [4.69, 9.17) is 4.74 Å². The molecule has 0 bridgehead atoms. The molecule has 0 unspecified atom stereocenters. The van der Waals surface area contributed by atoms with Gasteiger partial charge < -0.3 is 15.0 Å². The van der Waals surface area contributed by atoms with Crippen LogP contribution in [0.2, 0.25) is 0 Å². The molecule has 1 aliphatic rings. The lowest BCUT2D eigenvalue weighted by Gasteiger charge is -2.28. The molecule has 3 rings (SSSR count). The van der Waals surface area contributed by atoms with E-state index in [2.05, 4.69) is 26.1 Å². The number of hydrogen-bond donors (Lipinski definition) is 1. The number of morpholine rings is 1. The van der Waals surface area contributed by atoms with Crippen LogP contribution < -0.4 is 10.2 Å². The number of carbonyl (C=O) groups is 1. The summed E-state index contributed by atoms with van der Waals surface area (Å²) in [7, 11) is 0. The molecular formula is C15H15BrN2O2S. The average Bonchev–Trinajstić information content (AvgIpc) is 2.95. The van der Waals surface area contributed by atoms with Crippen LogP contribution in [0.25, 0.3) is 0 Å². The number of benzene rings is 1. The van der Waals surface area contributed by atoms with Gasteiger partial charge in [0.25, 0.3) is 5.91 Å². The van der Waals surface area contributed by atoms with E-state index in [9.17, 15) is 4.79 Å². The maximum absolute atomic E-state index is 12.1. The Bertz CT molecular complexity index is 621. The third kappa shape index (κ3) is 3.45. The van der Waals surface area contributed by atoms with Gasteiger partial charge in [0.2, 0.25) is 0 Å². The van der Waals surface area contributed by atoms with E-state index in [-0.39, 0.29) is 5.91 Å². The Balaban J connectivity index is 1.67. The minimum atomic E-state index is -0.0870. The van der Waals surface area contributed by atoms with E-state index < -0.39 is 0 Å². The van der Waals surface area contributed by atoms with Gasteiger partial charge in [-0.15, -0.1) is 11.3 Å². The largest absolute Gasteiger partial charge is 0.378 e. The molecule has 1 N–H and O–H groups in total. The van der Waals surface area contributed by atoms with Crippen molar-refractivity contribution in [2.24, 2.45) is 0 Å². The van der Waals surface area contributed by atoms with Crippen LogP contribution in [0.4, 0.5) is 11.4 Å². The number of rotatable bonds is 3. The first-order valence-electron chi connectivity index (χ1n) is 6.71. The van der Waals surface area contributed by atoms with E-state index in [0.29, 0.717) is 4.88 Å². The lowest BCUT2D eigenvalue weighted by atomic mass is 10.2. The highest BCUT2D eigenvalue weighted by atomic mass is 79.9. The smallest absolute Gasteiger partial charge is 0.266 e. The molecule has 2 aromatic rings. The predicted molar refractivity (Wildman–Crippen MR) is 89.4 cm³/mol. The number of ether oxygens (including phenoxy) is 1. The summed E-state index contributed by atoms with van der Waals surface area (Å²) < 4.78 is 6.18. The first-order chi connectivity index (χ1) is 10.2. The molecule has 0 spiro atoms. The Kier molecular flexibility index (Phi) is 4.57. The molecular weight excluding hydrogens is 352 g/mol. The van der Waals surface area contributed by atoms with Crippen molar-refractivity contribution in [1.82, 2.24) is 0 Å². The van der Waals surface area contributed by atoms with Crippen molar-refractivity contribution in [3.8, 4) is 0 Å². The molecule has 21 heavy (non-hydrogen) atoms. The van der Waals surface area contributed by atoms with Crippen molar-refractivity contribution in [3.63, 3.8) is 0 Å². The zero-order valence-corrected chi connectivity index (χ0v) is 13.7. The summed E-state index contributed by atoms with van der Waals surface area (Å²) in [4.78, 5) is 15.1. The standard InChI is InChI=1S/C15H15BrN2O2S/c16-13-5-10-21-14(13)15(19)17-11-1-3-12(4-2-11)18-6-8-20-9-7-18/h1-5,10H,6-9H2,(H,17,19). The summed E-state index contributed by atoms with van der Waals surface area (Å²) in [6.45, 7) is 3.36. The summed E-state index contributed by atoms with van der Waals surface area (Å²) in [5, 5.41) is 4.80. The number of halogens is 1. The normalized spacial score (nSPS) is 15.0. The molecule has 0 saturated carbocycles. The van der Waals surface area contributed by atoms with Gasteiger partial charge in [-0.3, -0.25) is 4.79 Å². The van der Waals surface area contributed by atoms with E-state index in [1.165, 1.54) is 11.3 Å². The Morgan fingerprint density at radius 2 is 1.90 bits per heavy atom. The zero-order chi connectivity index (χ0) is 14.7. The van der Waals surface area contributed by atoms with Crippen LogP contribution in [0.5, 0.6) is 0 Å². The maximum Gasteiger partial charge on any atom is 0.266 e. The van der Waals surface area contributed by atoms with Gasteiger partial charge in [0.15, 0.2) is 0 Å². The van der Waals surface area contributed by atoms with E-state index in [0.717, 1.165) is 42.2 Å². The number of thiophene rings is 1. The fourth-order valence-corrected chi connectivity index (χ4v) is 3.67. The Hall–Kier alpha value is -1.37. The highest BCUT2D eigenvalue weighted by molar-refractivity contribution is 9.10. The first-order valence-corrected chi connectivity index (χ1v) is 8.38. The fourth-order valence-electron chi connectivity index (χ4n) is 2.22. The second-order valence-corrected chi connectivity index (χ2v) is 6.47. The summed E-state index contributed by atoms with van der Waals surface area (Å²) in [6.07, 6.45) is 0. The van der Waals surface area contributed by atoms with Crippen LogP contribution >= 0.6 is 27.3 Å². The van der Waals surface area contributed by atoms with Gasteiger partial charge in [-0.2, -0.15) is 0 Å². The molecule has 0 radical (unpaired) electrons. The second kappa shape index (κ2) is 6.60. The molecule has 1 aromatic heterocycles. The molecule has 1 amide bonds. The third-order valence-electron chi connectivity index (χ3n) is 3.32. The molecule has 1 aliphatic heterocycles. The quantitative estimate of drug-likeness (QED) is 0.901. The van der Waals surface area contributed by atoms with Crippen LogP contribution in [0, 0.1) is 0 Å². The van der Waals surface area contributed by atoms with Crippen LogP contribution in [0.15, 0.2) is 40.2 Å². The first kappa shape index (κ1) is 14.6. The van der Waals surface area contributed by atoms with Crippen molar-refractivity contribution in [3.05, 3.63) is 45.1 Å². The number of anilines is 2. The minimum Gasteiger partial charge on any atom is -0.378 e. The van der Waals surface area contributed by atoms with Crippen LogP contribution in [0.3, 0.4) is 0 Å². The zero-order valence-electron chi connectivity index (χ0n) is 11.3.